The molecule has 7 nitrogen and oxygen atoms in total. The molecule has 0 aromatic carbocycles. The van der Waals surface area contributed by atoms with E-state index in [0.29, 0.717) is 0 Å². The summed E-state index contributed by atoms with van der Waals surface area (Å²) in [4.78, 5) is 46.6. The Morgan fingerprint density at radius 1 is 0.750 bits per heavy atom. The molecule has 0 saturated heterocycles. The zero-order chi connectivity index (χ0) is 19.2. The van der Waals surface area contributed by atoms with Crippen LogP contribution in [0.15, 0.2) is 0 Å². The second-order valence-electron chi connectivity index (χ2n) is 6.89. The summed E-state index contributed by atoms with van der Waals surface area (Å²) < 4.78 is 23.7. The van der Waals surface area contributed by atoms with Gasteiger partial charge in [-0.2, -0.15) is 0 Å². The summed E-state index contributed by atoms with van der Waals surface area (Å²) in [5.41, 5.74) is 0. The molecule has 0 unspecified atom stereocenters. The minimum absolute atomic E-state index is 0.371. The van der Waals surface area contributed by atoms with Gasteiger partial charge >= 0.3 is 144 Å². The van der Waals surface area contributed by atoms with Crippen molar-refractivity contribution in [3.8, 4) is 0 Å². The van der Waals surface area contributed by atoms with E-state index < -0.39 is 62.1 Å². The Kier molecular flexibility index (Phi) is 8.66. The molecule has 138 valence electrons. The molecule has 0 aliphatic rings. The van der Waals surface area contributed by atoms with Crippen molar-refractivity contribution in [3.63, 3.8) is 0 Å². The topological polar surface area (TPSA) is 104 Å². The van der Waals surface area contributed by atoms with E-state index in [0.717, 1.165) is 0 Å². The SMILES string of the molecule is CC(=O)CC(=O)[CH2][Ti](=[O])([CH2]C(=O)CC(C)=O)([O]C(C)C)[O]C(C)C. The Labute approximate surface area is 144 Å². The third kappa shape index (κ3) is 8.82. The molecular weight excluding hydrogens is 352 g/mol. The molecule has 0 aromatic heterocycles. The summed E-state index contributed by atoms with van der Waals surface area (Å²) in [5.74, 6) is -1.92. The molecule has 0 aliphatic carbocycles. The van der Waals surface area contributed by atoms with Crippen LogP contribution in [0.3, 0.4) is 0 Å². The Bertz CT molecular complexity index is 525. The molecule has 0 amide bonds. The van der Waals surface area contributed by atoms with Crippen LogP contribution in [0.5, 0.6) is 0 Å². The summed E-state index contributed by atoms with van der Waals surface area (Å²) >= 11 is -5.76. The number of carbonyl (C=O) groups is 4. The number of Topliss-reactive ketones (excluding diaryl/α,β-unsaturated/α-hetero) is 4. The van der Waals surface area contributed by atoms with Crippen LogP contribution < -0.4 is 0 Å². The summed E-state index contributed by atoms with van der Waals surface area (Å²) in [6.07, 6.45) is -1.89. The van der Waals surface area contributed by atoms with Crippen LogP contribution in [0.2, 0.25) is 9.45 Å². The Morgan fingerprint density at radius 2 is 1.04 bits per heavy atom. The monoisotopic (exact) mass is 380 g/mol. The average molecular weight is 380 g/mol. The number of hydrogen-bond acceptors (Lipinski definition) is 7. The summed E-state index contributed by atoms with van der Waals surface area (Å²) in [6, 6.07) is 0. The van der Waals surface area contributed by atoms with E-state index in [-0.39, 0.29) is 11.6 Å². The third-order valence-corrected chi connectivity index (χ3v) is 9.45. The molecule has 0 aromatic rings. The number of ketones is 4. The van der Waals surface area contributed by atoms with E-state index in [1.165, 1.54) is 13.8 Å². The van der Waals surface area contributed by atoms with Crippen LogP contribution in [-0.2, 0) is 45.2 Å². The zero-order valence-electron chi connectivity index (χ0n) is 15.3. The molecule has 0 rings (SSSR count). The van der Waals surface area contributed by atoms with Crippen molar-refractivity contribution in [1.29, 1.82) is 0 Å². The van der Waals surface area contributed by atoms with Crippen LogP contribution in [0.1, 0.15) is 54.4 Å². The molecule has 0 atom stereocenters. The van der Waals surface area contributed by atoms with Crippen molar-refractivity contribution in [2.45, 2.75) is 76.0 Å². The Balaban J connectivity index is 5.82. The second kappa shape index (κ2) is 8.99. The predicted octanol–water partition coefficient (Wildman–Crippen LogP) is 2.63. The van der Waals surface area contributed by atoms with Gasteiger partial charge in [0.15, 0.2) is 0 Å². The second-order valence-corrected chi connectivity index (χ2v) is 13.0. The van der Waals surface area contributed by atoms with Crippen molar-refractivity contribution >= 4 is 23.1 Å². The van der Waals surface area contributed by atoms with Crippen LogP contribution in [0.4, 0.5) is 0 Å². The molecular formula is C16H28O7Ti. The summed E-state index contributed by atoms with van der Waals surface area (Å²) in [5, 5.41) is 0. The van der Waals surface area contributed by atoms with Gasteiger partial charge in [0, 0.05) is 0 Å². The normalized spacial score (nSPS) is 12.5. The number of hydrogen-bond donors (Lipinski definition) is 0. The van der Waals surface area contributed by atoms with Gasteiger partial charge in [-0.3, -0.25) is 0 Å². The van der Waals surface area contributed by atoms with Gasteiger partial charge in [-0.1, -0.05) is 0 Å². The zero-order valence-corrected chi connectivity index (χ0v) is 16.9. The van der Waals surface area contributed by atoms with Crippen molar-refractivity contribution in [2.24, 2.45) is 0 Å². The first-order chi connectivity index (χ1) is 10.8. The van der Waals surface area contributed by atoms with Gasteiger partial charge in [0.25, 0.3) is 0 Å². The Hall–Kier alpha value is -0.886. The van der Waals surface area contributed by atoms with Crippen LogP contribution >= 0.6 is 0 Å². The molecule has 0 heterocycles. The minimum atomic E-state index is -5.76. The van der Waals surface area contributed by atoms with E-state index in [1.54, 1.807) is 27.7 Å². The van der Waals surface area contributed by atoms with E-state index in [1.807, 2.05) is 0 Å². The fraction of sp³-hybridized carbons (Fsp3) is 0.750. The first-order valence-electron chi connectivity index (χ1n) is 8.04. The van der Waals surface area contributed by atoms with Gasteiger partial charge in [-0.05, 0) is 0 Å². The predicted molar refractivity (Wildman–Crippen MR) is 83.4 cm³/mol. The maximum atomic E-state index is 13.8. The third-order valence-electron chi connectivity index (χ3n) is 2.97. The molecule has 0 bridgehead atoms. The maximum absolute atomic E-state index is 13.8. The van der Waals surface area contributed by atoms with Crippen LogP contribution in [-0.4, -0.2) is 35.3 Å². The van der Waals surface area contributed by atoms with Gasteiger partial charge in [0.1, 0.15) is 0 Å². The molecule has 0 saturated carbocycles. The summed E-state index contributed by atoms with van der Waals surface area (Å²) in [7, 11) is 0. The fourth-order valence-electron chi connectivity index (χ4n) is 2.75. The first-order valence-corrected chi connectivity index (χ1v) is 12.2. The quantitative estimate of drug-likeness (QED) is 0.379. The van der Waals surface area contributed by atoms with Crippen molar-refractivity contribution < 1.29 is 45.2 Å². The first kappa shape index (κ1) is 23.1. The average Bonchev–Trinajstić information content (AvgIpc) is 2.20. The number of carbonyl (C=O) groups excluding carboxylic acids is 4. The Morgan fingerprint density at radius 3 is 1.25 bits per heavy atom. The van der Waals surface area contributed by atoms with Gasteiger partial charge < -0.3 is 0 Å². The van der Waals surface area contributed by atoms with Gasteiger partial charge in [-0.15, -0.1) is 0 Å². The molecule has 0 radical (unpaired) electrons. The standard InChI is InChI=1S/2C5H7O2.2C3H7O.O.Ti/c2*1-4(6)3-5(2)7;2*1-3(2)4;;/h2*1,3H2,2H3;2*3H,1-2H3;;/q;;2*-1;;+2. The molecule has 0 aliphatic heterocycles. The molecule has 0 N–H and O–H groups in total. The van der Waals surface area contributed by atoms with Gasteiger partial charge in [-0.25, -0.2) is 0 Å². The van der Waals surface area contributed by atoms with Gasteiger partial charge in [0.05, 0.1) is 0 Å². The molecule has 8 heteroatoms. The van der Waals surface area contributed by atoms with Crippen LogP contribution in [0, 0.1) is 0 Å². The molecule has 24 heavy (non-hydrogen) atoms. The van der Waals surface area contributed by atoms with Gasteiger partial charge in [0.2, 0.25) is 0 Å². The number of rotatable bonds is 12. The summed E-state index contributed by atoms with van der Waals surface area (Å²) in [6.45, 7) is 8.98. The van der Waals surface area contributed by atoms with E-state index >= 15 is 0 Å². The van der Waals surface area contributed by atoms with Crippen molar-refractivity contribution in [3.05, 3.63) is 0 Å². The van der Waals surface area contributed by atoms with E-state index in [2.05, 4.69) is 0 Å². The molecule has 0 spiro atoms. The van der Waals surface area contributed by atoms with Crippen LogP contribution in [0.25, 0.3) is 0 Å². The van der Waals surface area contributed by atoms with E-state index in [9.17, 15) is 22.5 Å². The van der Waals surface area contributed by atoms with Crippen molar-refractivity contribution in [1.82, 2.24) is 0 Å². The fourth-order valence-corrected chi connectivity index (χ4v) is 9.61. The van der Waals surface area contributed by atoms with E-state index in [4.69, 9.17) is 6.64 Å². The molecule has 0 fully saturated rings. The van der Waals surface area contributed by atoms with Crippen molar-refractivity contribution in [2.75, 3.05) is 0 Å².